The molecule has 0 aromatic heterocycles. The minimum absolute atomic E-state index is 0.162. The van der Waals surface area contributed by atoms with E-state index >= 15 is 0 Å². The number of anilines is 1. The van der Waals surface area contributed by atoms with Gasteiger partial charge in [0, 0.05) is 12.5 Å². The van der Waals surface area contributed by atoms with Crippen molar-refractivity contribution in [3.63, 3.8) is 0 Å². The Balaban J connectivity index is 2.43. The number of fused-ring (bicyclic) bond motifs is 1. The van der Waals surface area contributed by atoms with Crippen LogP contribution >= 0.6 is 0 Å². The molecular weight excluding hydrogens is 351 g/mol. The highest BCUT2D eigenvalue weighted by Crippen LogP contribution is 2.37. The monoisotopic (exact) mass is 372 g/mol. The van der Waals surface area contributed by atoms with Gasteiger partial charge in [-0.2, -0.15) is 0 Å². The fourth-order valence-corrected chi connectivity index (χ4v) is 2.73. The van der Waals surface area contributed by atoms with Crippen LogP contribution in [0.1, 0.15) is 32.3 Å². The third-order valence-corrected chi connectivity index (χ3v) is 3.75. The van der Waals surface area contributed by atoms with Gasteiger partial charge in [-0.05, 0) is 38.5 Å². The molecule has 2 radical (unpaired) electrons. The average Bonchev–Trinajstić information content (AvgIpc) is 2.89. The zero-order valence-electron chi connectivity index (χ0n) is 15.6. The molecule has 2 amide bonds. The van der Waals surface area contributed by atoms with Gasteiger partial charge in [0.1, 0.15) is 19.1 Å². The highest BCUT2D eigenvalue weighted by molar-refractivity contribution is 6.32. The number of ether oxygens (including phenoxy) is 2. The second-order valence-electron chi connectivity index (χ2n) is 7.02. The number of nitrogens with zero attached hydrogens (tertiary/aromatic N) is 1. The van der Waals surface area contributed by atoms with E-state index in [-0.39, 0.29) is 12.2 Å². The Morgan fingerprint density at radius 3 is 2.56 bits per heavy atom. The van der Waals surface area contributed by atoms with Crippen LogP contribution in [0.5, 0.6) is 0 Å². The summed E-state index contributed by atoms with van der Waals surface area (Å²) in [5, 5.41) is 11.0. The molecule has 2 N–H and O–H groups in total. The number of hydrogen-bond donors (Lipinski definition) is 2. The third-order valence-electron chi connectivity index (χ3n) is 3.75. The van der Waals surface area contributed by atoms with Gasteiger partial charge in [0.05, 0.1) is 12.8 Å². The van der Waals surface area contributed by atoms with Gasteiger partial charge in [-0.25, -0.2) is 14.4 Å². The maximum Gasteiger partial charge on any atom is 0.414 e. The molecule has 1 unspecified atom stereocenters. The van der Waals surface area contributed by atoms with Crippen LogP contribution in [-0.2, 0) is 14.3 Å². The molecule has 1 aromatic rings. The van der Waals surface area contributed by atoms with Crippen molar-refractivity contribution < 1.29 is 29.0 Å². The lowest BCUT2D eigenvalue weighted by Crippen LogP contribution is -2.36. The van der Waals surface area contributed by atoms with E-state index in [0.29, 0.717) is 16.7 Å². The maximum atomic E-state index is 12.6. The van der Waals surface area contributed by atoms with Crippen LogP contribution in [0.4, 0.5) is 15.3 Å². The first-order chi connectivity index (χ1) is 12.5. The first kappa shape index (κ1) is 20.3. The number of nitrogens with one attached hydrogen (secondary N) is 1. The maximum absolute atomic E-state index is 12.6. The van der Waals surface area contributed by atoms with Gasteiger partial charge in [0.2, 0.25) is 0 Å². The summed E-state index contributed by atoms with van der Waals surface area (Å²) in [4.78, 5) is 36.8. The number of rotatable bonds is 3. The van der Waals surface area contributed by atoms with Crippen molar-refractivity contribution in [2.24, 2.45) is 0 Å². The summed E-state index contributed by atoms with van der Waals surface area (Å²) in [5.74, 6) is -1.31. The third kappa shape index (κ3) is 5.03. The Morgan fingerprint density at radius 1 is 1.33 bits per heavy atom. The Hall–Kier alpha value is -2.97. The van der Waals surface area contributed by atoms with E-state index in [1.54, 1.807) is 39.0 Å². The quantitative estimate of drug-likeness (QED) is 0.475. The summed E-state index contributed by atoms with van der Waals surface area (Å²) in [6.07, 6.45) is -0.542. The molecule has 1 heterocycles. The standard InChI is InChI=1S/C18H21BN2O6/c1-18(2,3)27-17(25)21-9-10(12-8-11(19)5-6-14(12)21)7-13(15(22)26-4)20-16(23)24/h5-8,10,20H,9H2,1-4H3,(H,23,24)/b13-7-. The molecule has 1 aliphatic rings. The van der Waals surface area contributed by atoms with Crippen LogP contribution in [-0.4, -0.2) is 50.4 Å². The van der Waals surface area contributed by atoms with E-state index in [1.807, 2.05) is 5.32 Å². The van der Waals surface area contributed by atoms with Gasteiger partial charge in [-0.3, -0.25) is 10.2 Å². The minimum Gasteiger partial charge on any atom is -0.465 e. The first-order valence-electron chi connectivity index (χ1n) is 8.22. The van der Waals surface area contributed by atoms with Crippen molar-refractivity contribution in [2.45, 2.75) is 32.3 Å². The van der Waals surface area contributed by atoms with E-state index in [0.717, 1.165) is 7.11 Å². The van der Waals surface area contributed by atoms with Crippen molar-refractivity contribution in [1.82, 2.24) is 5.32 Å². The molecule has 1 aromatic carbocycles. The lowest BCUT2D eigenvalue weighted by molar-refractivity contribution is -0.136. The van der Waals surface area contributed by atoms with E-state index in [4.69, 9.17) is 17.7 Å². The van der Waals surface area contributed by atoms with Crippen LogP contribution < -0.4 is 15.7 Å². The van der Waals surface area contributed by atoms with E-state index in [2.05, 4.69) is 4.74 Å². The number of carbonyl (C=O) groups excluding carboxylic acids is 2. The Bertz CT molecular complexity index is 800. The molecule has 27 heavy (non-hydrogen) atoms. The van der Waals surface area contributed by atoms with Gasteiger partial charge >= 0.3 is 18.2 Å². The van der Waals surface area contributed by atoms with E-state index < -0.39 is 29.7 Å². The molecule has 0 spiro atoms. The molecular formula is C18H21BN2O6. The number of amides is 2. The van der Waals surface area contributed by atoms with Crippen LogP contribution in [0, 0.1) is 0 Å². The van der Waals surface area contributed by atoms with Gasteiger partial charge < -0.3 is 14.6 Å². The number of carbonyl (C=O) groups is 3. The summed E-state index contributed by atoms with van der Waals surface area (Å²) >= 11 is 0. The first-order valence-corrected chi connectivity index (χ1v) is 8.22. The predicted molar refractivity (Wildman–Crippen MR) is 99.4 cm³/mol. The Labute approximate surface area is 158 Å². The summed E-state index contributed by atoms with van der Waals surface area (Å²) in [7, 11) is 7.00. The Morgan fingerprint density at radius 2 is 2.00 bits per heavy atom. The Kier molecular flexibility index (Phi) is 5.83. The smallest absolute Gasteiger partial charge is 0.414 e. The molecule has 0 saturated heterocycles. The molecule has 1 aliphatic heterocycles. The molecule has 0 fully saturated rings. The van der Waals surface area contributed by atoms with Gasteiger partial charge in [0.15, 0.2) is 0 Å². The predicted octanol–water partition coefficient (Wildman–Crippen LogP) is 1.64. The second kappa shape index (κ2) is 7.73. The normalized spacial score (nSPS) is 16.5. The summed E-state index contributed by atoms with van der Waals surface area (Å²) in [6.45, 7) is 5.44. The lowest BCUT2D eigenvalue weighted by Gasteiger charge is -2.25. The number of methoxy groups -OCH3 is 1. The number of carboxylic acid groups (broad SMARTS) is 1. The van der Waals surface area contributed by atoms with Crippen molar-refractivity contribution in [3.05, 3.63) is 35.5 Å². The molecule has 8 nitrogen and oxygen atoms in total. The van der Waals surface area contributed by atoms with Crippen molar-refractivity contribution in [3.8, 4) is 0 Å². The number of benzene rings is 1. The van der Waals surface area contributed by atoms with Crippen LogP contribution in [0.15, 0.2) is 30.0 Å². The molecule has 2 rings (SSSR count). The summed E-state index contributed by atoms with van der Waals surface area (Å²) < 4.78 is 10.0. The zero-order valence-corrected chi connectivity index (χ0v) is 15.6. The lowest BCUT2D eigenvalue weighted by atomic mass is 9.90. The van der Waals surface area contributed by atoms with Crippen molar-refractivity contribution >= 4 is 37.2 Å². The highest BCUT2D eigenvalue weighted by Gasteiger charge is 2.34. The van der Waals surface area contributed by atoms with Crippen molar-refractivity contribution in [1.29, 1.82) is 0 Å². The van der Waals surface area contributed by atoms with Crippen molar-refractivity contribution in [2.75, 3.05) is 18.6 Å². The second-order valence-corrected chi connectivity index (χ2v) is 7.02. The van der Waals surface area contributed by atoms with Gasteiger partial charge in [-0.1, -0.05) is 17.6 Å². The molecule has 0 aliphatic carbocycles. The van der Waals surface area contributed by atoms with Crippen LogP contribution in [0.2, 0.25) is 0 Å². The fraction of sp³-hybridized carbons (Fsp3) is 0.389. The highest BCUT2D eigenvalue weighted by atomic mass is 16.6. The number of hydrogen-bond acceptors (Lipinski definition) is 5. The summed E-state index contributed by atoms with van der Waals surface area (Å²) in [5.41, 5.74) is 0.813. The van der Waals surface area contributed by atoms with Gasteiger partial charge in [0.25, 0.3) is 0 Å². The largest absolute Gasteiger partial charge is 0.465 e. The molecule has 0 bridgehead atoms. The molecule has 142 valence electrons. The molecule has 1 atom stereocenters. The van der Waals surface area contributed by atoms with E-state index in [1.165, 1.54) is 11.0 Å². The molecule has 0 saturated carbocycles. The SMILES string of the molecule is [B]c1ccc2c(c1)C(/C=C(\NC(=O)O)C(=O)OC)CN2C(=O)OC(C)(C)C. The summed E-state index contributed by atoms with van der Waals surface area (Å²) in [6, 6.07) is 5.01. The minimum atomic E-state index is -1.40. The fourth-order valence-electron chi connectivity index (χ4n) is 2.73. The van der Waals surface area contributed by atoms with Crippen LogP contribution in [0.3, 0.4) is 0 Å². The van der Waals surface area contributed by atoms with E-state index in [9.17, 15) is 14.4 Å². The number of esters is 1. The molecule has 9 heteroatoms. The van der Waals surface area contributed by atoms with Crippen LogP contribution in [0.25, 0.3) is 0 Å². The zero-order chi connectivity index (χ0) is 20.4. The average molecular weight is 372 g/mol. The topological polar surface area (TPSA) is 105 Å². The van der Waals surface area contributed by atoms with Gasteiger partial charge in [-0.15, -0.1) is 0 Å².